The van der Waals surface area contributed by atoms with Crippen molar-refractivity contribution in [1.82, 2.24) is 5.32 Å². The molecule has 0 saturated carbocycles. The fourth-order valence-corrected chi connectivity index (χ4v) is 1.36. The van der Waals surface area contributed by atoms with Crippen LogP contribution < -0.4 is 10.1 Å². The number of nitrogens with zero attached hydrogens (tertiary/aromatic N) is 1. The van der Waals surface area contributed by atoms with Crippen molar-refractivity contribution in [1.29, 1.82) is 0 Å². The van der Waals surface area contributed by atoms with Crippen LogP contribution in [0.15, 0.2) is 18.2 Å². The molecule has 0 aliphatic carbocycles. The molecule has 5 heteroatoms. The molecule has 0 bridgehead atoms. The number of hydrogen-bond acceptors (Lipinski definition) is 4. The van der Waals surface area contributed by atoms with E-state index in [2.05, 4.69) is 5.32 Å². The Kier molecular flexibility index (Phi) is 4.72. The number of nitro benzene ring substituents is 1. The smallest absolute Gasteiger partial charge is 0.311 e. The first-order valence-electron chi connectivity index (χ1n) is 5.29. The number of ether oxygens (including phenoxy) is 1. The van der Waals surface area contributed by atoms with E-state index in [1.165, 1.54) is 0 Å². The van der Waals surface area contributed by atoms with E-state index >= 15 is 0 Å². The number of nitro groups is 1. The van der Waals surface area contributed by atoms with Crippen LogP contribution in [-0.4, -0.2) is 18.1 Å². The summed E-state index contributed by atoms with van der Waals surface area (Å²) < 4.78 is 5.20. The fourth-order valence-electron chi connectivity index (χ4n) is 1.36. The SMILES string of the molecule is CCNCc1ccc(OCC)c([N+](=O)[O-])c1. The largest absolute Gasteiger partial charge is 0.487 e. The summed E-state index contributed by atoms with van der Waals surface area (Å²) >= 11 is 0. The minimum Gasteiger partial charge on any atom is -0.487 e. The number of benzene rings is 1. The van der Waals surface area contributed by atoms with E-state index in [4.69, 9.17) is 4.74 Å². The van der Waals surface area contributed by atoms with Gasteiger partial charge < -0.3 is 10.1 Å². The average Bonchev–Trinajstić information content (AvgIpc) is 2.27. The van der Waals surface area contributed by atoms with Crippen molar-refractivity contribution >= 4 is 5.69 Å². The van der Waals surface area contributed by atoms with Crippen LogP contribution in [-0.2, 0) is 6.54 Å². The maximum Gasteiger partial charge on any atom is 0.311 e. The van der Waals surface area contributed by atoms with E-state index in [1.54, 1.807) is 19.1 Å². The maximum absolute atomic E-state index is 10.8. The molecule has 1 N–H and O–H groups in total. The molecule has 0 saturated heterocycles. The van der Waals surface area contributed by atoms with E-state index in [9.17, 15) is 10.1 Å². The molecule has 5 nitrogen and oxygen atoms in total. The second kappa shape index (κ2) is 6.07. The highest BCUT2D eigenvalue weighted by atomic mass is 16.6. The van der Waals surface area contributed by atoms with Gasteiger partial charge in [-0.25, -0.2) is 0 Å². The third-order valence-corrected chi connectivity index (χ3v) is 2.10. The molecule has 0 heterocycles. The van der Waals surface area contributed by atoms with Crippen molar-refractivity contribution in [2.75, 3.05) is 13.2 Å². The lowest BCUT2D eigenvalue weighted by atomic mass is 10.2. The van der Waals surface area contributed by atoms with Gasteiger partial charge in [-0.1, -0.05) is 13.0 Å². The molecule has 0 spiro atoms. The van der Waals surface area contributed by atoms with Gasteiger partial charge in [0.25, 0.3) is 0 Å². The van der Waals surface area contributed by atoms with Crippen molar-refractivity contribution in [3.63, 3.8) is 0 Å². The molecule has 0 amide bonds. The Morgan fingerprint density at radius 3 is 2.75 bits per heavy atom. The average molecular weight is 224 g/mol. The zero-order valence-corrected chi connectivity index (χ0v) is 9.53. The highest BCUT2D eigenvalue weighted by Gasteiger charge is 2.15. The van der Waals surface area contributed by atoms with Crippen LogP contribution in [0.3, 0.4) is 0 Å². The molecule has 0 aliphatic rings. The Morgan fingerprint density at radius 1 is 1.44 bits per heavy atom. The van der Waals surface area contributed by atoms with Gasteiger partial charge in [0, 0.05) is 12.6 Å². The second-order valence-corrected chi connectivity index (χ2v) is 3.27. The first-order chi connectivity index (χ1) is 7.69. The molecule has 0 aliphatic heterocycles. The molecule has 1 rings (SSSR count). The lowest BCUT2D eigenvalue weighted by Gasteiger charge is -2.06. The standard InChI is InChI=1S/C11H16N2O3/c1-3-12-8-9-5-6-11(16-4-2)10(7-9)13(14)15/h5-7,12H,3-4,8H2,1-2H3. The molecule has 1 aromatic carbocycles. The quantitative estimate of drug-likeness (QED) is 0.593. The summed E-state index contributed by atoms with van der Waals surface area (Å²) in [5.74, 6) is 0.327. The number of nitrogens with one attached hydrogen (secondary N) is 1. The van der Waals surface area contributed by atoms with Crippen molar-refractivity contribution < 1.29 is 9.66 Å². The summed E-state index contributed by atoms with van der Waals surface area (Å²) in [6, 6.07) is 5.03. The lowest BCUT2D eigenvalue weighted by Crippen LogP contribution is -2.12. The molecule has 0 unspecified atom stereocenters. The summed E-state index contributed by atoms with van der Waals surface area (Å²) in [6.45, 7) is 5.68. The van der Waals surface area contributed by atoms with Crippen molar-refractivity contribution in [2.45, 2.75) is 20.4 Å². The monoisotopic (exact) mass is 224 g/mol. The van der Waals surface area contributed by atoms with Crippen molar-refractivity contribution in [3.05, 3.63) is 33.9 Å². The Morgan fingerprint density at radius 2 is 2.19 bits per heavy atom. The van der Waals surface area contributed by atoms with Crippen LogP contribution in [0.5, 0.6) is 5.75 Å². The Balaban J connectivity index is 2.93. The minimum absolute atomic E-state index is 0.0252. The van der Waals surface area contributed by atoms with Gasteiger partial charge in [-0.2, -0.15) is 0 Å². The lowest BCUT2D eigenvalue weighted by molar-refractivity contribution is -0.385. The molecule has 88 valence electrons. The molecule has 0 aromatic heterocycles. The van der Waals surface area contributed by atoms with Crippen LogP contribution in [0.25, 0.3) is 0 Å². The Bertz CT molecular complexity index is 366. The van der Waals surface area contributed by atoms with E-state index < -0.39 is 4.92 Å². The topological polar surface area (TPSA) is 64.4 Å². The summed E-state index contributed by atoms with van der Waals surface area (Å²) in [6.07, 6.45) is 0. The first-order valence-corrected chi connectivity index (χ1v) is 5.29. The summed E-state index contributed by atoms with van der Waals surface area (Å²) in [5, 5.41) is 13.9. The molecule has 16 heavy (non-hydrogen) atoms. The molecule has 0 atom stereocenters. The van der Waals surface area contributed by atoms with Gasteiger partial charge in [-0.15, -0.1) is 0 Å². The van der Waals surface area contributed by atoms with E-state index in [0.717, 1.165) is 12.1 Å². The summed E-state index contributed by atoms with van der Waals surface area (Å²) in [7, 11) is 0. The third kappa shape index (κ3) is 3.20. The van der Waals surface area contributed by atoms with Gasteiger partial charge in [0.05, 0.1) is 11.5 Å². The third-order valence-electron chi connectivity index (χ3n) is 2.10. The maximum atomic E-state index is 10.8. The van der Waals surface area contributed by atoms with Gasteiger partial charge in [-0.3, -0.25) is 10.1 Å². The second-order valence-electron chi connectivity index (χ2n) is 3.27. The highest BCUT2D eigenvalue weighted by molar-refractivity contribution is 5.48. The highest BCUT2D eigenvalue weighted by Crippen LogP contribution is 2.27. The van der Waals surface area contributed by atoms with Gasteiger partial charge in [-0.05, 0) is 25.1 Å². The zero-order chi connectivity index (χ0) is 12.0. The number of rotatable bonds is 6. The summed E-state index contributed by atoms with van der Waals surface area (Å²) in [4.78, 5) is 10.4. The predicted octanol–water partition coefficient (Wildman–Crippen LogP) is 2.10. The molecular formula is C11H16N2O3. The Labute approximate surface area is 94.6 Å². The van der Waals surface area contributed by atoms with E-state index in [1.807, 2.05) is 13.0 Å². The Hall–Kier alpha value is -1.62. The van der Waals surface area contributed by atoms with E-state index in [-0.39, 0.29) is 5.69 Å². The van der Waals surface area contributed by atoms with Gasteiger partial charge in [0.1, 0.15) is 0 Å². The van der Waals surface area contributed by atoms with Crippen LogP contribution >= 0.6 is 0 Å². The first kappa shape index (κ1) is 12.4. The van der Waals surface area contributed by atoms with Crippen LogP contribution in [0.1, 0.15) is 19.4 Å². The summed E-state index contributed by atoms with van der Waals surface area (Å²) in [5.41, 5.74) is 0.911. The van der Waals surface area contributed by atoms with Crippen molar-refractivity contribution in [2.24, 2.45) is 0 Å². The minimum atomic E-state index is -0.416. The predicted molar refractivity (Wildman–Crippen MR) is 61.6 cm³/mol. The molecule has 0 radical (unpaired) electrons. The molecule has 1 aromatic rings. The molecule has 0 fully saturated rings. The van der Waals surface area contributed by atoms with Gasteiger partial charge in [0.2, 0.25) is 0 Å². The van der Waals surface area contributed by atoms with Crippen LogP contribution in [0.4, 0.5) is 5.69 Å². The van der Waals surface area contributed by atoms with E-state index in [0.29, 0.717) is 18.9 Å². The molecular weight excluding hydrogens is 208 g/mol. The van der Waals surface area contributed by atoms with Crippen molar-refractivity contribution in [3.8, 4) is 5.75 Å². The van der Waals surface area contributed by atoms with Crippen LogP contribution in [0, 0.1) is 10.1 Å². The number of hydrogen-bond donors (Lipinski definition) is 1. The fraction of sp³-hybridized carbons (Fsp3) is 0.455. The van der Waals surface area contributed by atoms with Gasteiger partial charge >= 0.3 is 5.69 Å². The zero-order valence-electron chi connectivity index (χ0n) is 9.53. The van der Waals surface area contributed by atoms with Crippen LogP contribution in [0.2, 0.25) is 0 Å². The normalized spacial score (nSPS) is 10.1. The van der Waals surface area contributed by atoms with Gasteiger partial charge in [0.15, 0.2) is 5.75 Å².